The molecule has 6 nitrogen and oxygen atoms in total. The van der Waals surface area contributed by atoms with E-state index in [1.165, 1.54) is 4.57 Å². The lowest BCUT2D eigenvalue weighted by Gasteiger charge is -2.07. The van der Waals surface area contributed by atoms with Crippen molar-refractivity contribution in [2.45, 2.75) is 6.92 Å². The molecule has 0 fully saturated rings. The van der Waals surface area contributed by atoms with E-state index in [-0.39, 0.29) is 5.82 Å². The van der Waals surface area contributed by atoms with E-state index in [0.29, 0.717) is 11.6 Å². The van der Waals surface area contributed by atoms with E-state index in [4.69, 9.17) is 5.11 Å². The molecule has 0 spiro atoms. The first-order valence-electron chi connectivity index (χ1n) is 5.07. The number of hydrogen-bond donors (Lipinski definition) is 2. The molecule has 1 aromatic heterocycles. The van der Waals surface area contributed by atoms with Crippen molar-refractivity contribution < 1.29 is 9.90 Å². The molecule has 0 atom stereocenters. The summed E-state index contributed by atoms with van der Waals surface area (Å²) in [5.41, 5.74) is 1.81. The molecule has 0 saturated carbocycles. The summed E-state index contributed by atoms with van der Waals surface area (Å²) in [5, 5.41) is 19.3. The first-order valence-corrected chi connectivity index (χ1v) is 5.07. The zero-order valence-electron chi connectivity index (χ0n) is 9.51. The number of aromatic carboxylic acids is 1. The van der Waals surface area contributed by atoms with Gasteiger partial charge in [0.2, 0.25) is 11.8 Å². The quantitative estimate of drug-likeness (QED) is 0.834. The average Bonchev–Trinajstić information content (AvgIpc) is 2.73. The normalized spacial score (nSPS) is 10.2. The van der Waals surface area contributed by atoms with Crippen LogP contribution in [-0.4, -0.2) is 32.9 Å². The first-order chi connectivity index (χ1) is 8.13. The van der Waals surface area contributed by atoms with Crippen LogP contribution >= 0.6 is 0 Å². The molecule has 0 aliphatic heterocycles. The van der Waals surface area contributed by atoms with E-state index in [1.54, 1.807) is 7.05 Å². The van der Waals surface area contributed by atoms with Gasteiger partial charge in [-0.2, -0.15) is 0 Å². The summed E-state index contributed by atoms with van der Waals surface area (Å²) >= 11 is 0. The van der Waals surface area contributed by atoms with Gasteiger partial charge in [0.15, 0.2) is 0 Å². The second kappa shape index (κ2) is 4.25. The van der Waals surface area contributed by atoms with E-state index in [9.17, 15) is 4.79 Å². The smallest absolute Gasteiger partial charge is 0.374 e. The van der Waals surface area contributed by atoms with Gasteiger partial charge < -0.3 is 10.4 Å². The number of benzene rings is 1. The van der Waals surface area contributed by atoms with Gasteiger partial charge in [-0.05, 0) is 19.1 Å². The summed E-state index contributed by atoms with van der Waals surface area (Å²) in [5.74, 6) is -0.830. The van der Waals surface area contributed by atoms with Crippen molar-refractivity contribution >= 4 is 11.9 Å². The summed E-state index contributed by atoms with van der Waals surface area (Å²) in [4.78, 5) is 11.0. The molecule has 0 aliphatic rings. The molecule has 2 N–H and O–H groups in total. The molecule has 0 amide bonds. The van der Waals surface area contributed by atoms with Gasteiger partial charge in [-0.15, -0.1) is 10.2 Å². The minimum Gasteiger partial charge on any atom is -0.475 e. The van der Waals surface area contributed by atoms with Crippen LogP contribution in [0.5, 0.6) is 0 Å². The van der Waals surface area contributed by atoms with Crippen LogP contribution < -0.4 is 5.32 Å². The standard InChI is InChI=1S/C11H12N4O2/c1-7-3-5-8(6-4-7)15-9(10(16)17)13-14-11(15)12-2/h3-6H,1-2H3,(H,12,14)(H,16,17). The number of hydrogen-bond acceptors (Lipinski definition) is 4. The zero-order chi connectivity index (χ0) is 12.4. The largest absolute Gasteiger partial charge is 0.475 e. The van der Waals surface area contributed by atoms with Crippen LogP contribution in [0.1, 0.15) is 16.2 Å². The lowest BCUT2D eigenvalue weighted by molar-refractivity contribution is 0.0681. The van der Waals surface area contributed by atoms with Crippen molar-refractivity contribution in [2.24, 2.45) is 0 Å². The third-order valence-corrected chi connectivity index (χ3v) is 2.37. The van der Waals surface area contributed by atoms with Crippen LogP contribution in [0, 0.1) is 6.92 Å². The van der Waals surface area contributed by atoms with Crippen molar-refractivity contribution in [3.05, 3.63) is 35.7 Å². The van der Waals surface area contributed by atoms with Crippen LogP contribution in [0.25, 0.3) is 5.69 Å². The predicted octanol–water partition coefficient (Wildman–Crippen LogP) is 1.32. The highest BCUT2D eigenvalue weighted by molar-refractivity contribution is 5.84. The van der Waals surface area contributed by atoms with Gasteiger partial charge in [0.1, 0.15) is 0 Å². The summed E-state index contributed by atoms with van der Waals surface area (Å²) < 4.78 is 1.46. The minimum absolute atomic E-state index is 0.113. The lowest BCUT2D eigenvalue weighted by atomic mass is 10.2. The number of anilines is 1. The maximum absolute atomic E-state index is 11.0. The molecule has 0 unspecified atom stereocenters. The summed E-state index contributed by atoms with van der Waals surface area (Å²) in [6, 6.07) is 7.46. The fourth-order valence-electron chi connectivity index (χ4n) is 1.52. The van der Waals surface area contributed by atoms with Crippen LogP contribution in [0.3, 0.4) is 0 Å². The van der Waals surface area contributed by atoms with Gasteiger partial charge in [0.05, 0.1) is 5.69 Å². The summed E-state index contributed by atoms with van der Waals surface area (Å²) in [6.45, 7) is 1.97. The molecule has 0 aliphatic carbocycles. The number of aromatic nitrogens is 3. The van der Waals surface area contributed by atoms with Gasteiger partial charge in [-0.25, -0.2) is 4.79 Å². The highest BCUT2D eigenvalue weighted by atomic mass is 16.4. The first kappa shape index (κ1) is 11.1. The molecule has 2 rings (SSSR count). The Labute approximate surface area is 97.9 Å². The van der Waals surface area contributed by atoms with E-state index < -0.39 is 5.97 Å². The van der Waals surface area contributed by atoms with E-state index in [1.807, 2.05) is 31.2 Å². The molecular formula is C11H12N4O2. The van der Waals surface area contributed by atoms with Crippen molar-refractivity contribution in [3.8, 4) is 5.69 Å². The average molecular weight is 232 g/mol. The predicted molar refractivity (Wildman–Crippen MR) is 62.6 cm³/mol. The van der Waals surface area contributed by atoms with Crippen LogP contribution in [0.15, 0.2) is 24.3 Å². The summed E-state index contributed by atoms with van der Waals surface area (Å²) in [6.07, 6.45) is 0. The number of carboxylic acids is 1. The molecular weight excluding hydrogens is 220 g/mol. The van der Waals surface area contributed by atoms with Crippen molar-refractivity contribution in [1.82, 2.24) is 14.8 Å². The molecule has 1 aromatic carbocycles. The van der Waals surface area contributed by atoms with E-state index in [0.717, 1.165) is 5.56 Å². The molecule has 0 bridgehead atoms. The second-order valence-corrected chi connectivity index (χ2v) is 3.57. The Hall–Kier alpha value is -2.37. The molecule has 0 radical (unpaired) electrons. The number of carbonyl (C=O) groups is 1. The third kappa shape index (κ3) is 1.96. The summed E-state index contributed by atoms with van der Waals surface area (Å²) in [7, 11) is 1.67. The Balaban J connectivity index is 2.59. The van der Waals surface area contributed by atoms with E-state index in [2.05, 4.69) is 15.5 Å². The minimum atomic E-state index is -1.11. The Morgan fingerprint density at radius 2 is 1.94 bits per heavy atom. The van der Waals surface area contributed by atoms with Gasteiger partial charge in [-0.3, -0.25) is 4.57 Å². The van der Waals surface area contributed by atoms with Crippen LogP contribution in [0.2, 0.25) is 0 Å². The SMILES string of the molecule is CNc1nnc(C(=O)O)n1-c1ccc(C)cc1. The fourth-order valence-corrected chi connectivity index (χ4v) is 1.52. The number of rotatable bonds is 3. The molecule has 1 heterocycles. The van der Waals surface area contributed by atoms with Gasteiger partial charge >= 0.3 is 5.97 Å². The topological polar surface area (TPSA) is 80.0 Å². The molecule has 88 valence electrons. The highest BCUT2D eigenvalue weighted by Gasteiger charge is 2.18. The number of nitrogens with zero attached hydrogens (tertiary/aromatic N) is 3. The van der Waals surface area contributed by atoms with Gasteiger partial charge in [0.25, 0.3) is 0 Å². The Kier molecular flexibility index (Phi) is 2.78. The molecule has 17 heavy (non-hydrogen) atoms. The van der Waals surface area contributed by atoms with Crippen LogP contribution in [0.4, 0.5) is 5.95 Å². The maximum Gasteiger partial charge on any atom is 0.374 e. The van der Waals surface area contributed by atoms with Gasteiger partial charge in [0, 0.05) is 7.05 Å². The Morgan fingerprint density at radius 1 is 1.29 bits per heavy atom. The van der Waals surface area contributed by atoms with Crippen molar-refractivity contribution in [3.63, 3.8) is 0 Å². The molecule has 6 heteroatoms. The maximum atomic E-state index is 11.0. The Bertz CT molecular complexity index is 545. The highest BCUT2D eigenvalue weighted by Crippen LogP contribution is 2.17. The number of carboxylic acid groups (broad SMARTS) is 1. The zero-order valence-corrected chi connectivity index (χ0v) is 9.51. The molecule has 2 aromatic rings. The Morgan fingerprint density at radius 3 is 2.47 bits per heavy atom. The lowest BCUT2D eigenvalue weighted by Crippen LogP contribution is -2.10. The van der Waals surface area contributed by atoms with E-state index >= 15 is 0 Å². The fraction of sp³-hybridized carbons (Fsp3) is 0.182. The third-order valence-electron chi connectivity index (χ3n) is 2.37. The van der Waals surface area contributed by atoms with Crippen molar-refractivity contribution in [2.75, 3.05) is 12.4 Å². The second-order valence-electron chi connectivity index (χ2n) is 3.57. The van der Waals surface area contributed by atoms with Gasteiger partial charge in [-0.1, -0.05) is 17.7 Å². The number of nitrogens with one attached hydrogen (secondary N) is 1. The number of aryl methyl sites for hydroxylation is 1. The molecule has 0 saturated heterocycles. The van der Waals surface area contributed by atoms with Crippen LogP contribution in [-0.2, 0) is 0 Å². The van der Waals surface area contributed by atoms with Crippen molar-refractivity contribution in [1.29, 1.82) is 0 Å². The monoisotopic (exact) mass is 232 g/mol.